The van der Waals surface area contributed by atoms with Gasteiger partial charge in [-0.15, -0.1) is 0 Å². The lowest BCUT2D eigenvalue weighted by Gasteiger charge is -2.25. The minimum atomic E-state index is -1.10. The number of phenolic OH excluding ortho intramolecular Hbond substituents is 1. The average Bonchev–Trinajstić information content (AvgIpc) is 2.81. The van der Waals surface area contributed by atoms with Gasteiger partial charge in [0.15, 0.2) is 5.78 Å². The Morgan fingerprint density at radius 1 is 0.879 bits per heavy atom. The summed E-state index contributed by atoms with van der Waals surface area (Å²) in [5, 5.41) is 11.2. The molecule has 0 bridgehead atoms. The maximum absolute atomic E-state index is 13.5. The Balaban J connectivity index is 2.30. The maximum atomic E-state index is 13.5. The zero-order chi connectivity index (χ0) is 24.4. The average molecular weight is 456 g/mol. The first-order chi connectivity index (χ1) is 15.7. The molecule has 0 saturated carbocycles. The highest BCUT2D eigenvalue weighted by Gasteiger charge is 2.39. The van der Waals surface area contributed by atoms with E-state index in [1.54, 1.807) is 0 Å². The Morgan fingerprint density at radius 2 is 1.52 bits per heavy atom. The lowest BCUT2D eigenvalue weighted by atomic mass is 9.79. The fraction of sp³-hybridized carbons (Fsp3) is 0.333. The quantitative estimate of drug-likeness (QED) is 0.509. The Hall–Kier alpha value is -3.88. The number of hydrogen-bond donors (Lipinski definition) is 1. The third kappa shape index (κ3) is 4.02. The van der Waals surface area contributed by atoms with Crippen LogP contribution in [0.15, 0.2) is 18.2 Å². The van der Waals surface area contributed by atoms with Crippen LogP contribution in [0.4, 0.5) is 0 Å². The number of ether oxygens (including phenoxy) is 4. The summed E-state index contributed by atoms with van der Waals surface area (Å²) in [5.74, 6) is -3.33. The molecule has 1 unspecified atom stereocenters. The lowest BCUT2D eigenvalue weighted by molar-refractivity contribution is -0.142. The van der Waals surface area contributed by atoms with E-state index in [9.17, 15) is 24.3 Å². The maximum Gasteiger partial charge on any atom is 0.313 e. The minimum Gasteiger partial charge on any atom is -0.507 e. The number of aromatic hydroxyl groups is 1. The molecule has 1 N–H and O–H groups in total. The molecule has 33 heavy (non-hydrogen) atoms. The second kappa shape index (κ2) is 9.32. The molecular formula is C24H24O9. The molecule has 2 aromatic rings. The number of phenols is 1. The molecular weight excluding hydrogens is 432 g/mol. The highest BCUT2D eigenvalue weighted by Crippen LogP contribution is 2.46. The van der Waals surface area contributed by atoms with Crippen molar-refractivity contribution in [3.05, 3.63) is 46.0 Å². The van der Waals surface area contributed by atoms with Crippen LogP contribution in [0.2, 0.25) is 0 Å². The van der Waals surface area contributed by atoms with Crippen molar-refractivity contribution in [1.82, 2.24) is 0 Å². The highest BCUT2D eigenvalue weighted by molar-refractivity contribution is 6.30. The summed E-state index contributed by atoms with van der Waals surface area (Å²) < 4.78 is 20.7. The first-order valence-corrected chi connectivity index (χ1v) is 10.1. The van der Waals surface area contributed by atoms with Gasteiger partial charge in [-0.3, -0.25) is 14.4 Å². The van der Waals surface area contributed by atoms with Gasteiger partial charge in [0.25, 0.3) is 0 Å². The number of Topliss-reactive ketones (excluding diaryl/α,β-unsaturated/α-hetero) is 1. The topological polar surface area (TPSA) is 125 Å². The fourth-order valence-corrected chi connectivity index (χ4v) is 4.00. The predicted octanol–water partition coefficient (Wildman–Crippen LogP) is 2.82. The van der Waals surface area contributed by atoms with E-state index in [1.807, 2.05) is 0 Å². The monoisotopic (exact) mass is 456 g/mol. The molecule has 1 aliphatic carbocycles. The first-order valence-electron chi connectivity index (χ1n) is 10.1. The number of carbonyl (C=O) groups excluding carboxylic acids is 4. The second-order valence-corrected chi connectivity index (χ2v) is 7.49. The molecule has 0 heterocycles. The fourth-order valence-electron chi connectivity index (χ4n) is 4.00. The van der Waals surface area contributed by atoms with Gasteiger partial charge in [0, 0.05) is 23.6 Å². The number of methoxy groups -OCH3 is 4. The normalized spacial score (nSPS) is 13.0. The summed E-state index contributed by atoms with van der Waals surface area (Å²) in [6.45, 7) is 1.37. The number of rotatable bonds is 8. The van der Waals surface area contributed by atoms with Gasteiger partial charge in [-0.2, -0.15) is 0 Å². The summed E-state index contributed by atoms with van der Waals surface area (Å²) in [5.41, 5.74) is -0.361. The van der Waals surface area contributed by atoms with Crippen molar-refractivity contribution in [2.75, 3.05) is 28.4 Å². The SMILES string of the molecule is COC(=O)C(CCC(C)=O)c1c(OC)cc2c(c1O)C(=O)c1c(OC)cc(OC)cc1C2=O. The smallest absolute Gasteiger partial charge is 0.313 e. The van der Waals surface area contributed by atoms with Crippen LogP contribution in [-0.2, 0) is 14.3 Å². The Morgan fingerprint density at radius 3 is 2.06 bits per heavy atom. The van der Waals surface area contributed by atoms with E-state index in [1.165, 1.54) is 53.6 Å². The summed E-state index contributed by atoms with van der Waals surface area (Å²) in [4.78, 5) is 50.9. The molecule has 174 valence electrons. The standard InChI is InChI=1S/C24H24O9/c1-11(25)6-7-13(24(29)33-5)18-17(32-4)10-15-20(22(18)27)23(28)19-14(21(15)26)8-12(30-2)9-16(19)31-3/h8-10,13,27H,6-7H2,1-5H3. The molecule has 0 saturated heterocycles. The second-order valence-electron chi connectivity index (χ2n) is 7.49. The van der Waals surface area contributed by atoms with Crippen molar-refractivity contribution < 1.29 is 43.2 Å². The van der Waals surface area contributed by atoms with Crippen molar-refractivity contribution in [2.24, 2.45) is 0 Å². The molecule has 0 spiro atoms. The van der Waals surface area contributed by atoms with E-state index in [2.05, 4.69) is 0 Å². The van der Waals surface area contributed by atoms with E-state index in [0.29, 0.717) is 5.75 Å². The van der Waals surface area contributed by atoms with Crippen LogP contribution in [0.3, 0.4) is 0 Å². The zero-order valence-corrected chi connectivity index (χ0v) is 18.9. The van der Waals surface area contributed by atoms with E-state index < -0.39 is 29.2 Å². The molecule has 1 aliphatic rings. The zero-order valence-electron chi connectivity index (χ0n) is 18.9. The molecule has 0 aromatic heterocycles. The van der Waals surface area contributed by atoms with Crippen LogP contribution < -0.4 is 14.2 Å². The predicted molar refractivity (Wildman–Crippen MR) is 116 cm³/mol. The molecule has 2 aromatic carbocycles. The largest absolute Gasteiger partial charge is 0.507 e. The van der Waals surface area contributed by atoms with Crippen LogP contribution in [0.25, 0.3) is 0 Å². The van der Waals surface area contributed by atoms with Crippen LogP contribution in [0, 0.1) is 0 Å². The van der Waals surface area contributed by atoms with Crippen molar-refractivity contribution >= 4 is 23.3 Å². The van der Waals surface area contributed by atoms with Gasteiger partial charge in [0.1, 0.15) is 28.8 Å². The molecule has 0 fully saturated rings. The van der Waals surface area contributed by atoms with E-state index >= 15 is 0 Å². The summed E-state index contributed by atoms with van der Waals surface area (Å²) in [6, 6.07) is 4.19. The van der Waals surface area contributed by atoms with E-state index in [-0.39, 0.29) is 57.9 Å². The van der Waals surface area contributed by atoms with Gasteiger partial charge in [-0.1, -0.05) is 0 Å². The van der Waals surface area contributed by atoms with Crippen molar-refractivity contribution in [3.63, 3.8) is 0 Å². The molecule has 0 radical (unpaired) electrons. The summed E-state index contributed by atoms with van der Waals surface area (Å²) in [7, 11) is 5.24. The number of benzene rings is 2. The van der Waals surface area contributed by atoms with Crippen molar-refractivity contribution in [3.8, 4) is 23.0 Å². The number of esters is 1. The van der Waals surface area contributed by atoms with Crippen molar-refractivity contribution in [1.29, 1.82) is 0 Å². The van der Waals surface area contributed by atoms with Crippen LogP contribution >= 0.6 is 0 Å². The summed E-state index contributed by atoms with van der Waals surface area (Å²) in [6.07, 6.45) is 0.0483. The highest BCUT2D eigenvalue weighted by atomic mass is 16.5. The number of ketones is 3. The van der Waals surface area contributed by atoms with Crippen LogP contribution in [0.1, 0.15) is 63.1 Å². The van der Waals surface area contributed by atoms with Gasteiger partial charge in [0.05, 0.1) is 51.0 Å². The van der Waals surface area contributed by atoms with Gasteiger partial charge in [-0.25, -0.2) is 0 Å². The first kappa shape index (κ1) is 23.8. The molecule has 3 rings (SSSR count). The Kier molecular flexibility index (Phi) is 6.71. The number of hydrogen-bond acceptors (Lipinski definition) is 9. The van der Waals surface area contributed by atoms with Crippen LogP contribution in [-0.4, -0.2) is 56.9 Å². The third-order valence-corrected chi connectivity index (χ3v) is 5.62. The van der Waals surface area contributed by atoms with Gasteiger partial charge in [-0.05, 0) is 25.5 Å². The van der Waals surface area contributed by atoms with Crippen LogP contribution in [0.5, 0.6) is 23.0 Å². The molecule has 9 heteroatoms. The van der Waals surface area contributed by atoms with Gasteiger partial charge in [0.2, 0.25) is 5.78 Å². The lowest BCUT2D eigenvalue weighted by Crippen LogP contribution is -2.24. The minimum absolute atomic E-state index is 0.0178. The van der Waals surface area contributed by atoms with E-state index in [0.717, 1.165) is 0 Å². The Labute approximate surface area is 190 Å². The number of fused-ring (bicyclic) bond motifs is 2. The van der Waals surface area contributed by atoms with Gasteiger partial charge >= 0.3 is 5.97 Å². The number of carbonyl (C=O) groups is 4. The van der Waals surface area contributed by atoms with E-state index in [4.69, 9.17) is 18.9 Å². The third-order valence-electron chi connectivity index (χ3n) is 5.62. The molecule has 0 aliphatic heterocycles. The summed E-state index contributed by atoms with van der Waals surface area (Å²) >= 11 is 0. The molecule has 9 nitrogen and oxygen atoms in total. The Bertz CT molecular complexity index is 1160. The van der Waals surface area contributed by atoms with Gasteiger partial charge < -0.3 is 28.8 Å². The molecule has 0 amide bonds. The van der Waals surface area contributed by atoms with Crippen molar-refractivity contribution in [2.45, 2.75) is 25.7 Å². The molecule has 1 atom stereocenters.